The lowest BCUT2D eigenvalue weighted by Crippen LogP contribution is -2.45. The van der Waals surface area contributed by atoms with Crippen LogP contribution in [-0.4, -0.2) is 37.6 Å². The smallest absolute Gasteiger partial charge is 0.137 e. The summed E-state index contributed by atoms with van der Waals surface area (Å²) in [6.45, 7) is 7.76. The van der Waals surface area contributed by atoms with E-state index in [9.17, 15) is 5.11 Å². The van der Waals surface area contributed by atoms with E-state index in [0.717, 1.165) is 37.3 Å². The lowest BCUT2D eigenvalue weighted by atomic mass is 9.96. The number of likely N-dealkylation sites (tertiary alicyclic amines) is 1. The summed E-state index contributed by atoms with van der Waals surface area (Å²) in [7, 11) is 0. The summed E-state index contributed by atoms with van der Waals surface area (Å²) >= 11 is 0. The minimum atomic E-state index is -0.647. The van der Waals surface area contributed by atoms with E-state index in [1.807, 2.05) is 26.0 Å². The van der Waals surface area contributed by atoms with Crippen LogP contribution >= 0.6 is 0 Å². The second-order valence-corrected chi connectivity index (χ2v) is 6.41. The summed E-state index contributed by atoms with van der Waals surface area (Å²) in [5.41, 5.74) is 2.63. The quantitative estimate of drug-likeness (QED) is 0.933. The molecule has 0 radical (unpaired) electrons. The molecule has 4 heteroatoms. The predicted octanol–water partition coefficient (Wildman–Crippen LogP) is 2.38. The molecule has 2 aromatic rings. The molecule has 1 aliphatic heterocycles. The fourth-order valence-corrected chi connectivity index (χ4v) is 3.30. The van der Waals surface area contributed by atoms with Gasteiger partial charge in [0.15, 0.2) is 0 Å². The highest BCUT2D eigenvalue weighted by Gasteiger charge is 2.35. The number of fused-ring (bicyclic) bond motifs is 1. The summed E-state index contributed by atoms with van der Waals surface area (Å²) in [6, 6.07) is 6.40. The van der Waals surface area contributed by atoms with Gasteiger partial charge in [-0.25, -0.2) is 4.98 Å². The van der Waals surface area contributed by atoms with Crippen molar-refractivity contribution in [1.29, 1.82) is 0 Å². The molecule has 3 rings (SSSR count). The lowest BCUT2D eigenvalue weighted by Gasteiger charge is -2.33. The average Bonchev–Trinajstić information content (AvgIpc) is 2.95. The Labute approximate surface area is 120 Å². The number of pyridine rings is 1. The van der Waals surface area contributed by atoms with Crippen LogP contribution in [0.4, 0.5) is 0 Å². The molecule has 0 bridgehead atoms. The monoisotopic (exact) mass is 273 g/mol. The Morgan fingerprint density at radius 3 is 2.90 bits per heavy atom. The number of aliphatic hydroxyl groups is 1. The molecule has 108 valence electrons. The van der Waals surface area contributed by atoms with Gasteiger partial charge in [-0.15, -0.1) is 0 Å². The number of hydrogen-bond acceptors (Lipinski definition) is 3. The third kappa shape index (κ3) is 2.45. The average molecular weight is 273 g/mol. The molecule has 0 amide bonds. The van der Waals surface area contributed by atoms with Crippen LogP contribution < -0.4 is 0 Å². The summed E-state index contributed by atoms with van der Waals surface area (Å²) in [5.74, 6) is 0. The standard InChI is InChI=1S/C16H23N3O/c1-12-6-4-8-15-17-13(11-19(12)15)10-18-9-5-7-14(18)16(2,3)20/h4,6,8,11,14,20H,5,7,9-10H2,1-3H3. The van der Waals surface area contributed by atoms with Crippen molar-refractivity contribution in [1.82, 2.24) is 14.3 Å². The van der Waals surface area contributed by atoms with E-state index in [1.165, 1.54) is 5.69 Å². The van der Waals surface area contributed by atoms with Gasteiger partial charge in [0.1, 0.15) is 5.65 Å². The molecular formula is C16H23N3O. The summed E-state index contributed by atoms with van der Waals surface area (Å²) in [6.07, 6.45) is 4.33. The van der Waals surface area contributed by atoms with Crippen molar-refractivity contribution < 1.29 is 5.11 Å². The lowest BCUT2D eigenvalue weighted by molar-refractivity contribution is -0.00532. The third-order valence-corrected chi connectivity index (χ3v) is 4.29. The SMILES string of the molecule is Cc1cccc2nc(CN3CCCC3C(C)(C)O)cn12. The highest BCUT2D eigenvalue weighted by atomic mass is 16.3. The van der Waals surface area contributed by atoms with Crippen molar-refractivity contribution in [3.05, 3.63) is 35.8 Å². The van der Waals surface area contributed by atoms with Crippen molar-refractivity contribution >= 4 is 5.65 Å². The molecule has 1 atom stereocenters. The molecule has 1 aliphatic rings. The second-order valence-electron chi connectivity index (χ2n) is 6.41. The topological polar surface area (TPSA) is 40.8 Å². The molecule has 1 N–H and O–H groups in total. The second kappa shape index (κ2) is 4.86. The summed E-state index contributed by atoms with van der Waals surface area (Å²) in [4.78, 5) is 7.05. The Hall–Kier alpha value is -1.39. The van der Waals surface area contributed by atoms with Crippen molar-refractivity contribution in [3.8, 4) is 0 Å². The summed E-state index contributed by atoms with van der Waals surface area (Å²) in [5, 5.41) is 10.3. The summed E-state index contributed by atoms with van der Waals surface area (Å²) < 4.78 is 2.13. The number of hydrogen-bond donors (Lipinski definition) is 1. The molecule has 1 saturated heterocycles. The van der Waals surface area contributed by atoms with Crippen LogP contribution in [0.2, 0.25) is 0 Å². The number of aromatic nitrogens is 2. The minimum absolute atomic E-state index is 0.230. The van der Waals surface area contributed by atoms with E-state index in [0.29, 0.717) is 0 Å². The third-order valence-electron chi connectivity index (χ3n) is 4.29. The molecular weight excluding hydrogens is 250 g/mol. The Balaban J connectivity index is 1.84. The van der Waals surface area contributed by atoms with E-state index >= 15 is 0 Å². The molecule has 0 saturated carbocycles. The predicted molar refractivity (Wildman–Crippen MR) is 79.7 cm³/mol. The van der Waals surface area contributed by atoms with Gasteiger partial charge in [0.05, 0.1) is 11.3 Å². The van der Waals surface area contributed by atoms with Crippen molar-refractivity contribution in [2.24, 2.45) is 0 Å². The molecule has 4 nitrogen and oxygen atoms in total. The van der Waals surface area contributed by atoms with Crippen LogP contribution in [0.25, 0.3) is 5.65 Å². The van der Waals surface area contributed by atoms with E-state index in [1.54, 1.807) is 0 Å². The molecule has 2 aromatic heterocycles. The van der Waals surface area contributed by atoms with Crippen LogP contribution in [0, 0.1) is 6.92 Å². The fraction of sp³-hybridized carbons (Fsp3) is 0.562. The van der Waals surface area contributed by atoms with Crippen molar-refractivity contribution in [2.45, 2.75) is 51.8 Å². The molecule has 1 unspecified atom stereocenters. The van der Waals surface area contributed by atoms with Crippen LogP contribution in [0.5, 0.6) is 0 Å². The highest BCUT2D eigenvalue weighted by Crippen LogP contribution is 2.28. The maximum Gasteiger partial charge on any atom is 0.137 e. The molecule has 0 spiro atoms. The Morgan fingerprint density at radius 1 is 1.40 bits per heavy atom. The molecule has 0 aromatic carbocycles. The van der Waals surface area contributed by atoms with Crippen LogP contribution in [0.1, 0.15) is 38.1 Å². The first-order valence-electron chi connectivity index (χ1n) is 7.35. The fourth-order valence-electron chi connectivity index (χ4n) is 3.30. The van der Waals surface area contributed by atoms with Gasteiger partial charge >= 0.3 is 0 Å². The normalized spacial score (nSPS) is 20.9. The first-order chi connectivity index (χ1) is 9.45. The Morgan fingerprint density at radius 2 is 2.20 bits per heavy atom. The number of nitrogens with zero attached hydrogens (tertiary/aromatic N) is 3. The molecule has 20 heavy (non-hydrogen) atoms. The Kier molecular flexibility index (Phi) is 3.30. The van der Waals surface area contributed by atoms with Crippen LogP contribution in [-0.2, 0) is 6.54 Å². The first-order valence-corrected chi connectivity index (χ1v) is 7.35. The molecule has 3 heterocycles. The zero-order valence-corrected chi connectivity index (χ0v) is 12.5. The highest BCUT2D eigenvalue weighted by molar-refractivity contribution is 5.41. The van der Waals surface area contributed by atoms with Crippen LogP contribution in [0.15, 0.2) is 24.4 Å². The van der Waals surface area contributed by atoms with Crippen molar-refractivity contribution in [3.63, 3.8) is 0 Å². The Bertz CT molecular complexity index is 612. The maximum atomic E-state index is 10.3. The molecule has 1 fully saturated rings. The van der Waals surface area contributed by atoms with Gasteiger partial charge in [0.2, 0.25) is 0 Å². The zero-order valence-electron chi connectivity index (χ0n) is 12.5. The number of imidazole rings is 1. The van der Waals surface area contributed by atoms with Gasteiger partial charge in [-0.1, -0.05) is 6.07 Å². The van der Waals surface area contributed by atoms with E-state index < -0.39 is 5.60 Å². The first kappa shape index (κ1) is 13.6. The largest absolute Gasteiger partial charge is 0.389 e. The van der Waals surface area contributed by atoms with Gasteiger partial charge < -0.3 is 9.51 Å². The van der Waals surface area contributed by atoms with E-state index in [4.69, 9.17) is 4.98 Å². The van der Waals surface area contributed by atoms with Gasteiger partial charge in [0.25, 0.3) is 0 Å². The van der Waals surface area contributed by atoms with E-state index in [2.05, 4.69) is 28.5 Å². The number of aryl methyl sites for hydroxylation is 1. The van der Waals surface area contributed by atoms with E-state index in [-0.39, 0.29) is 6.04 Å². The van der Waals surface area contributed by atoms with Crippen molar-refractivity contribution in [2.75, 3.05) is 6.54 Å². The van der Waals surface area contributed by atoms with Gasteiger partial charge in [-0.05, 0) is 52.3 Å². The maximum absolute atomic E-state index is 10.3. The number of rotatable bonds is 3. The van der Waals surface area contributed by atoms with Gasteiger partial charge in [0, 0.05) is 24.5 Å². The van der Waals surface area contributed by atoms with Crippen LogP contribution in [0.3, 0.4) is 0 Å². The minimum Gasteiger partial charge on any atom is -0.389 e. The van der Waals surface area contributed by atoms with Gasteiger partial charge in [-0.3, -0.25) is 4.90 Å². The van der Waals surface area contributed by atoms with Gasteiger partial charge in [-0.2, -0.15) is 0 Å². The molecule has 0 aliphatic carbocycles. The zero-order chi connectivity index (χ0) is 14.3.